The van der Waals surface area contributed by atoms with E-state index in [-0.39, 0.29) is 18.3 Å². The van der Waals surface area contributed by atoms with Crippen molar-refractivity contribution in [1.82, 2.24) is 0 Å². The third-order valence-corrected chi connectivity index (χ3v) is 3.48. The molecule has 0 saturated heterocycles. The molecular formula is C10H17ClO2. The van der Waals surface area contributed by atoms with Crippen molar-refractivity contribution in [3.8, 4) is 0 Å². The molecule has 2 nitrogen and oxygen atoms in total. The van der Waals surface area contributed by atoms with E-state index in [9.17, 15) is 4.79 Å². The molecule has 2 atom stereocenters. The number of hydrogen-bond acceptors (Lipinski definition) is 1. The maximum Gasteiger partial charge on any atom is 0.306 e. The summed E-state index contributed by atoms with van der Waals surface area (Å²) in [7, 11) is 0. The zero-order chi connectivity index (χ0) is 8.55. The van der Waals surface area contributed by atoms with Crippen LogP contribution in [0.3, 0.4) is 0 Å². The number of carboxylic acids is 1. The van der Waals surface area contributed by atoms with Gasteiger partial charge in [0, 0.05) is 0 Å². The Hall–Kier alpha value is -0.240. The standard InChI is InChI=1S/C10H16O2.ClH/c11-10(12)9-5-7-2-1-3-8(4-7)6-9;/h7-9H,1-6H2,(H,11,12);1H. The number of aliphatic carboxylic acids is 1. The summed E-state index contributed by atoms with van der Waals surface area (Å²) < 4.78 is 0. The van der Waals surface area contributed by atoms with E-state index in [1.165, 1.54) is 25.7 Å². The highest BCUT2D eigenvalue weighted by Gasteiger charge is 2.34. The van der Waals surface area contributed by atoms with E-state index in [1.807, 2.05) is 0 Å². The van der Waals surface area contributed by atoms with Gasteiger partial charge in [-0.1, -0.05) is 19.3 Å². The molecule has 3 heteroatoms. The van der Waals surface area contributed by atoms with Gasteiger partial charge in [-0.3, -0.25) is 4.79 Å². The van der Waals surface area contributed by atoms with Crippen molar-refractivity contribution >= 4 is 18.4 Å². The molecule has 2 rings (SSSR count). The Labute approximate surface area is 85.1 Å². The molecule has 2 aliphatic carbocycles. The number of fused-ring (bicyclic) bond motifs is 2. The normalized spacial score (nSPS) is 37.7. The van der Waals surface area contributed by atoms with Gasteiger partial charge in [0.2, 0.25) is 0 Å². The van der Waals surface area contributed by atoms with Crippen molar-refractivity contribution in [1.29, 1.82) is 0 Å². The Morgan fingerprint density at radius 1 is 1.08 bits per heavy atom. The van der Waals surface area contributed by atoms with Crippen LogP contribution in [0.1, 0.15) is 38.5 Å². The van der Waals surface area contributed by atoms with Crippen LogP contribution in [0.5, 0.6) is 0 Å². The lowest BCUT2D eigenvalue weighted by Gasteiger charge is -2.37. The molecule has 2 saturated carbocycles. The third kappa shape index (κ3) is 2.37. The SMILES string of the molecule is Cl.O=C(O)C1CC2CCCC(C2)C1. The monoisotopic (exact) mass is 204 g/mol. The number of rotatable bonds is 1. The minimum atomic E-state index is -0.563. The van der Waals surface area contributed by atoms with Crippen molar-refractivity contribution in [2.24, 2.45) is 17.8 Å². The van der Waals surface area contributed by atoms with Crippen LogP contribution in [0, 0.1) is 17.8 Å². The fourth-order valence-electron chi connectivity index (χ4n) is 2.93. The molecule has 1 N–H and O–H groups in total. The van der Waals surface area contributed by atoms with Crippen LogP contribution in [0.25, 0.3) is 0 Å². The molecular weight excluding hydrogens is 188 g/mol. The topological polar surface area (TPSA) is 37.3 Å². The molecule has 0 heterocycles. The fourth-order valence-corrected chi connectivity index (χ4v) is 2.93. The second-order valence-corrected chi connectivity index (χ2v) is 4.41. The average Bonchev–Trinajstić information content (AvgIpc) is 2.03. The van der Waals surface area contributed by atoms with Gasteiger partial charge < -0.3 is 5.11 Å². The van der Waals surface area contributed by atoms with Crippen LogP contribution in [0.2, 0.25) is 0 Å². The van der Waals surface area contributed by atoms with Gasteiger partial charge in [0.15, 0.2) is 0 Å². The van der Waals surface area contributed by atoms with Crippen LogP contribution in [0.4, 0.5) is 0 Å². The van der Waals surface area contributed by atoms with Crippen LogP contribution in [-0.4, -0.2) is 11.1 Å². The summed E-state index contributed by atoms with van der Waals surface area (Å²) in [5, 5.41) is 8.89. The van der Waals surface area contributed by atoms with Gasteiger partial charge >= 0.3 is 5.97 Å². The van der Waals surface area contributed by atoms with E-state index in [4.69, 9.17) is 5.11 Å². The summed E-state index contributed by atoms with van der Waals surface area (Å²) in [6.45, 7) is 0. The summed E-state index contributed by atoms with van der Waals surface area (Å²) in [6.07, 6.45) is 7.10. The molecule has 0 aliphatic heterocycles. The molecule has 0 amide bonds. The molecule has 0 aromatic rings. The molecule has 2 unspecified atom stereocenters. The smallest absolute Gasteiger partial charge is 0.306 e. The van der Waals surface area contributed by atoms with E-state index in [0.717, 1.165) is 24.7 Å². The molecule has 2 bridgehead atoms. The second-order valence-electron chi connectivity index (χ2n) is 4.41. The first kappa shape index (κ1) is 10.8. The van der Waals surface area contributed by atoms with Gasteiger partial charge in [0.1, 0.15) is 0 Å². The first-order valence-corrected chi connectivity index (χ1v) is 4.98. The minimum Gasteiger partial charge on any atom is -0.481 e. The summed E-state index contributed by atoms with van der Waals surface area (Å²) in [5.74, 6) is 0.887. The highest BCUT2D eigenvalue weighted by atomic mass is 35.5. The van der Waals surface area contributed by atoms with Crippen molar-refractivity contribution < 1.29 is 9.90 Å². The van der Waals surface area contributed by atoms with E-state index in [1.54, 1.807) is 0 Å². The van der Waals surface area contributed by atoms with Crippen LogP contribution < -0.4 is 0 Å². The molecule has 2 fully saturated rings. The predicted octanol–water partition coefficient (Wildman–Crippen LogP) is 2.71. The zero-order valence-electron chi connectivity index (χ0n) is 7.74. The van der Waals surface area contributed by atoms with Crippen molar-refractivity contribution in [2.75, 3.05) is 0 Å². The highest BCUT2D eigenvalue weighted by molar-refractivity contribution is 5.85. The van der Waals surface area contributed by atoms with E-state index in [0.29, 0.717) is 0 Å². The van der Waals surface area contributed by atoms with Gasteiger partial charge in [0.25, 0.3) is 0 Å². The van der Waals surface area contributed by atoms with Gasteiger partial charge in [-0.25, -0.2) is 0 Å². The van der Waals surface area contributed by atoms with E-state index in [2.05, 4.69) is 0 Å². The van der Waals surface area contributed by atoms with Crippen LogP contribution in [-0.2, 0) is 4.79 Å². The maximum atomic E-state index is 10.8. The first-order valence-electron chi connectivity index (χ1n) is 4.98. The van der Waals surface area contributed by atoms with Crippen LogP contribution >= 0.6 is 12.4 Å². The lowest BCUT2D eigenvalue weighted by atomic mass is 9.68. The van der Waals surface area contributed by atoms with Gasteiger partial charge in [0.05, 0.1) is 5.92 Å². The maximum absolute atomic E-state index is 10.8. The second kappa shape index (κ2) is 4.32. The van der Waals surface area contributed by atoms with Crippen molar-refractivity contribution in [3.63, 3.8) is 0 Å². The average molecular weight is 205 g/mol. The molecule has 76 valence electrons. The fraction of sp³-hybridized carbons (Fsp3) is 0.900. The molecule has 0 aromatic carbocycles. The summed E-state index contributed by atoms with van der Waals surface area (Å²) in [4.78, 5) is 10.8. The largest absolute Gasteiger partial charge is 0.481 e. The Balaban J connectivity index is 0.000000845. The Bertz CT molecular complexity index is 181. The van der Waals surface area contributed by atoms with Gasteiger partial charge in [-0.05, 0) is 31.1 Å². The minimum absolute atomic E-state index is 0. The first-order chi connectivity index (χ1) is 5.75. The molecule has 13 heavy (non-hydrogen) atoms. The van der Waals surface area contributed by atoms with Crippen LogP contribution in [0.15, 0.2) is 0 Å². The molecule has 0 spiro atoms. The Morgan fingerprint density at radius 3 is 2.08 bits per heavy atom. The molecule has 2 aliphatic rings. The third-order valence-electron chi connectivity index (χ3n) is 3.48. The lowest BCUT2D eigenvalue weighted by molar-refractivity contribution is -0.144. The van der Waals surface area contributed by atoms with E-state index >= 15 is 0 Å². The van der Waals surface area contributed by atoms with Gasteiger partial charge in [-0.15, -0.1) is 12.4 Å². The van der Waals surface area contributed by atoms with Crippen molar-refractivity contribution in [2.45, 2.75) is 38.5 Å². The highest BCUT2D eigenvalue weighted by Crippen LogP contribution is 2.42. The Kier molecular flexibility index (Phi) is 3.60. The quantitative estimate of drug-likeness (QED) is 0.713. The number of carbonyl (C=O) groups is 1. The molecule has 0 radical (unpaired) electrons. The summed E-state index contributed by atoms with van der Waals surface area (Å²) in [6, 6.07) is 0. The number of hydrogen-bond donors (Lipinski definition) is 1. The van der Waals surface area contributed by atoms with Crippen molar-refractivity contribution in [3.05, 3.63) is 0 Å². The number of halogens is 1. The lowest BCUT2D eigenvalue weighted by Crippen LogP contribution is -2.30. The van der Waals surface area contributed by atoms with E-state index < -0.39 is 5.97 Å². The number of carboxylic acid groups (broad SMARTS) is 1. The van der Waals surface area contributed by atoms with Gasteiger partial charge in [-0.2, -0.15) is 0 Å². The summed E-state index contributed by atoms with van der Waals surface area (Å²) >= 11 is 0. The zero-order valence-corrected chi connectivity index (χ0v) is 8.55. The Morgan fingerprint density at radius 2 is 1.62 bits per heavy atom. The molecule has 0 aromatic heterocycles. The predicted molar refractivity (Wildman–Crippen MR) is 53.1 cm³/mol. The summed E-state index contributed by atoms with van der Waals surface area (Å²) in [5.41, 5.74) is 0.